The van der Waals surface area contributed by atoms with Gasteiger partial charge in [-0.2, -0.15) is 0 Å². The quantitative estimate of drug-likeness (QED) is 0.634. The van der Waals surface area contributed by atoms with E-state index in [-0.39, 0.29) is 18.2 Å². The van der Waals surface area contributed by atoms with E-state index < -0.39 is 5.92 Å². The highest BCUT2D eigenvalue weighted by atomic mass is 16.6. The summed E-state index contributed by atoms with van der Waals surface area (Å²) < 4.78 is 11.2. The van der Waals surface area contributed by atoms with E-state index in [1.807, 2.05) is 42.5 Å². The standard InChI is InChI=1S/C26H21N3O4/c30-25-15-19(17-29(25)22-9-10-23-24(16-22)33-13-12-32-23)26(31)28-21-6-3-4-18(14-21)7-8-20-5-1-2-11-27-20/h1-6,9-11,14,16,19H,12-13,15,17H2,(H,28,31)/t19-/m1/s1. The smallest absolute Gasteiger partial charge is 0.229 e. The van der Waals surface area contributed by atoms with Gasteiger partial charge in [-0.3, -0.25) is 9.59 Å². The van der Waals surface area contributed by atoms with Gasteiger partial charge in [-0.25, -0.2) is 4.98 Å². The van der Waals surface area contributed by atoms with Crippen molar-refractivity contribution in [2.24, 2.45) is 5.92 Å². The number of pyridine rings is 1. The van der Waals surface area contributed by atoms with Crippen LogP contribution in [0, 0.1) is 17.8 Å². The predicted molar refractivity (Wildman–Crippen MR) is 123 cm³/mol. The van der Waals surface area contributed by atoms with Gasteiger partial charge in [0.25, 0.3) is 0 Å². The lowest BCUT2D eigenvalue weighted by molar-refractivity contribution is -0.122. The monoisotopic (exact) mass is 439 g/mol. The average molecular weight is 439 g/mol. The fourth-order valence-electron chi connectivity index (χ4n) is 3.82. The summed E-state index contributed by atoms with van der Waals surface area (Å²) in [7, 11) is 0. The molecule has 1 N–H and O–H groups in total. The van der Waals surface area contributed by atoms with Gasteiger partial charge in [-0.05, 0) is 48.4 Å². The highest BCUT2D eigenvalue weighted by Crippen LogP contribution is 2.36. The topological polar surface area (TPSA) is 80.8 Å². The maximum absolute atomic E-state index is 12.9. The second-order valence-corrected chi connectivity index (χ2v) is 7.77. The Morgan fingerprint density at radius 3 is 2.73 bits per heavy atom. The van der Waals surface area contributed by atoms with E-state index in [4.69, 9.17) is 9.47 Å². The van der Waals surface area contributed by atoms with Crippen molar-refractivity contribution in [3.8, 4) is 23.3 Å². The van der Waals surface area contributed by atoms with Gasteiger partial charge in [-0.1, -0.05) is 18.1 Å². The lowest BCUT2D eigenvalue weighted by atomic mass is 10.1. The van der Waals surface area contributed by atoms with Crippen LogP contribution in [-0.4, -0.2) is 36.6 Å². The molecule has 2 aliphatic heterocycles. The Hall–Kier alpha value is -4.31. The summed E-state index contributed by atoms with van der Waals surface area (Å²) in [6.45, 7) is 1.29. The normalized spacial score (nSPS) is 16.7. The Labute approximate surface area is 191 Å². The molecule has 1 saturated heterocycles. The zero-order valence-corrected chi connectivity index (χ0v) is 17.8. The lowest BCUT2D eigenvalue weighted by Gasteiger charge is -2.22. The minimum absolute atomic E-state index is 0.0955. The molecule has 33 heavy (non-hydrogen) atoms. The van der Waals surface area contributed by atoms with Crippen LogP contribution in [-0.2, 0) is 9.59 Å². The van der Waals surface area contributed by atoms with Crippen molar-refractivity contribution in [2.75, 3.05) is 30.0 Å². The Bertz CT molecular complexity index is 1260. The van der Waals surface area contributed by atoms with Crippen LogP contribution in [0.15, 0.2) is 66.9 Å². The number of nitrogens with zero attached hydrogens (tertiary/aromatic N) is 2. The van der Waals surface area contributed by atoms with Crippen molar-refractivity contribution in [3.63, 3.8) is 0 Å². The molecule has 2 aliphatic rings. The van der Waals surface area contributed by atoms with Crippen molar-refractivity contribution in [2.45, 2.75) is 6.42 Å². The molecular weight excluding hydrogens is 418 g/mol. The van der Waals surface area contributed by atoms with Crippen LogP contribution in [0.3, 0.4) is 0 Å². The third-order valence-corrected chi connectivity index (χ3v) is 5.46. The summed E-state index contributed by atoms with van der Waals surface area (Å²) in [5, 5.41) is 2.92. The van der Waals surface area contributed by atoms with E-state index >= 15 is 0 Å². The lowest BCUT2D eigenvalue weighted by Crippen LogP contribution is -2.28. The maximum atomic E-state index is 12.9. The van der Waals surface area contributed by atoms with E-state index in [9.17, 15) is 9.59 Å². The molecule has 1 fully saturated rings. The number of carbonyl (C=O) groups is 2. The number of nitrogens with one attached hydrogen (secondary N) is 1. The molecule has 0 spiro atoms. The van der Waals surface area contributed by atoms with Crippen molar-refractivity contribution in [1.29, 1.82) is 0 Å². The van der Waals surface area contributed by atoms with E-state index in [1.165, 1.54) is 0 Å². The summed E-state index contributed by atoms with van der Waals surface area (Å²) in [5.41, 5.74) is 2.78. The van der Waals surface area contributed by atoms with Crippen LogP contribution in [0.2, 0.25) is 0 Å². The summed E-state index contributed by atoms with van der Waals surface area (Å²) in [5.74, 6) is 6.60. The zero-order chi connectivity index (χ0) is 22.6. The second-order valence-electron chi connectivity index (χ2n) is 7.77. The highest BCUT2D eigenvalue weighted by Gasteiger charge is 2.35. The van der Waals surface area contributed by atoms with Crippen LogP contribution in [0.25, 0.3) is 0 Å². The molecule has 164 valence electrons. The number of benzene rings is 2. The molecule has 0 radical (unpaired) electrons. The van der Waals surface area contributed by atoms with E-state index in [0.717, 1.165) is 5.56 Å². The van der Waals surface area contributed by atoms with Crippen LogP contribution in [0.4, 0.5) is 11.4 Å². The number of fused-ring (bicyclic) bond motifs is 1. The number of amides is 2. The summed E-state index contributed by atoms with van der Waals surface area (Å²) in [6.07, 6.45) is 1.84. The molecular formula is C26H21N3O4. The van der Waals surface area contributed by atoms with Crippen molar-refractivity contribution >= 4 is 23.2 Å². The van der Waals surface area contributed by atoms with E-state index in [1.54, 1.807) is 29.3 Å². The molecule has 0 unspecified atom stereocenters. The molecule has 0 aliphatic carbocycles. The molecule has 0 bridgehead atoms. The molecule has 2 amide bonds. The van der Waals surface area contributed by atoms with Crippen molar-refractivity contribution in [1.82, 2.24) is 4.98 Å². The number of ether oxygens (including phenoxy) is 2. The number of aromatic nitrogens is 1. The molecule has 3 heterocycles. The van der Waals surface area contributed by atoms with Crippen molar-refractivity contribution < 1.29 is 19.1 Å². The third kappa shape index (κ3) is 4.65. The first-order valence-corrected chi connectivity index (χ1v) is 10.7. The minimum atomic E-state index is -0.450. The van der Waals surface area contributed by atoms with E-state index in [0.29, 0.717) is 48.3 Å². The molecule has 0 saturated carbocycles. The van der Waals surface area contributed by atoms with Gasteiger partial charge in [0.15, 0.2) is 11.5 Å². The largest absolute Gasteiger partial charge is 0.486 e. The number of carbonyl (C=O) groups excluding carboxylic acids is 2. The average Bonchev–Trinajstić information content (AvgIpc) is 3.25. The summed E-state index contributed by atoms with van der Waals surface area (Å²) in [4.78, 5) is 31.3. The first-order chi connectivity index (χ1) is 16.2. The summed E-state index contributed by atoms with van der Waals surface area (Å²) >= 11 is 0. The first kappa shape index (κ1) is 20.6. The van der Waals surface area contributed by atoms with E-state index in [2.05, 4.69) is 22.1 Å². The molecule has 1 aromatic heterocycles. The van der Waals surface area contributed by atoms with Gasteiger partial charge in [0, 0.05) is 42.2 Å². The number of rotatable bonds is 3. The zero-order valence-electron chi connectivity index (χ0n) is 17.8. The Kier molecular flexibility index (Phi) is 5.64. The minimum Gasteiger partial charge on any atom is -0.486 e. The molecule has 1 atom stereocenters. The van der Waals surface area contributed by atoms with Gasteiger partial charge in [-0.15, -0.1) is 0 Å². The van der Waals surface area contributed by atoms with Crippen LogP contribution < -0.4 is 19.7 Å². The van der Waals surface area contributed by atoms with Crippen LogP contribution >= 0.6 is 0 Å². The molecule has 3 aromatic rings. The fraction of sp³-hybridized carbons (Fsp3) is 0.192. The molecule has 7 nitrogen and oxygen atoms in total. The fourth-order valence-corrected chi connectivity index (χ4v) is 3.82. The van der Waals surface area contributed by atoms with Gasteiger partial charge in [0.2, 0.25) is 11.8 Å². The van der Waals surface area contributed by atoms with Gasteiger partial charge in [0.1, 0.15) is 18.9 Å². The molecule has 7 heteroatoms. The Morgan fingerprint density at radius 1 is 1.00 bits per heavy atom. The van der Waals surface area contributed by atoms with Gasteiger partial charge >= 0.3 is 0 Å². The third-order valence-electron chi connectivity index (χ3n) is 5.46. The Morgan fingerprint density at radius 2 is 1.88 bits per heavy atom. The number of hydrogen-bond acceptors (Lipinski definition) is 5. The highest BCUT2D eigenvalue weighted by molar-refractivity contribution is 6.03. The molecule has 5 rings (SSSR count). The second kappa shape index (κ2) is 9.05. The predicted octanol–water partition coefficient (Wildman–Crippen LogP) is 3.24. The number of anilines is 2. The molecule has 2 aromatic carbocycles. The number of hydrogen-bond donors (Lipinski definition) is 1. The SMILES string of the molecule is O=C(Nc1cccc(C#Cc2ccccn2)c1)[C@@H]1CC(=O)N(c2ccc3c(c2)OCCO3)C1. The van der Waals surface area contributed by atoms with Crippen LogP contribution in [0.1, 0.15) is 17.7 Å². The summed E-state index contributed by atoms with van der Waals surface area (Å²) in [6, 6.07) is 18.3. The van der Waals surface area contributed by atoms with Crippen molar-refractivity contribution in [3.05, 3.63) is 78.1 Å². The van der Waals surface area contributed by atoms with Crippen LogP contribution in [0.5, 0.6) is 11.5 Å². The van der Waals surface area contributed by atoms with Gasteiger partial charge < -0.3 is 19.7 Å². The first-order valence-electron chi connectivity index (χ1n) is 10.7. The maximum Gasteiger partial charge on any atom is 0.229 e. The Balaban J connectivity index is 1.25. The van der Waals surface area contributed by atoms with Gasteiger partial charge in [0.05, 0.1) is 5.92 Å².